The van der Waals surface area contributed by atoms with Crippen LogP contribution in [0.25, 0.3) is 0 Å². The van der Waals surface area contributed by atoms with Crippen LogP contribution in [0.15, 0.2) is 18.6 Å². The quantitative estimate of drug-likeness (QED) is 0.777. The number of anilines is 1. The van der Waals surface area contributed by atoms with Gasteiger partial charge in [-0.05, 0) is 12.8 Å². The predicted molar refractivity (Wildman–Crippen MR) is 60.6 cm³/mol. The van der Waals surface area contributed by atoms with Gasteiger partial charge in [-0.15, -0.1) is 0 Å². The fourth-order valence-corrected chi connectivity index (χ4v) is 2.07. The van der Waals surface area contributed by atoms with Crippen LogP contribution >= 0.6 is 0 Å². The SMILES string of the molecule is NC1CCCCC1C(=O)Nc1cnccn1. The first kappa shape index (κ1) is 11.0. The fourth-order valence-electron chi connectivity index (χ4n) is 2.07. The highest BCUT2D eigenvalue weighted by Crippen LogP contribution is 2.23. The molecule has 0 aromatic carbocycles. The Hall–Kier alpha value is -1.49. The van der Waals surface area contributed by atoms with Crippen LogP contribution in [0.3, 0.4) is 0 Å². The molecule has 3 N–H and O–H groups in total. The van der Waals surface area contributed by atoms with Crippen molar-refractivity contribution in [2.24, 2.45) is 11.7 Å². The van der Waals surface area contributed by atoms with Gasteiger partial charge in [0.05, 0.1) is 12.1 Å². The zero-order chi connectivity index (χ0) is 11.4. The number of nitrogens with zero attached hydrogens (tertiary/aromatic N) is 2. The van der Waals surface area contributed by atoms with Gasteiger partial charge in [0, 0.05) is 18.4 Å². The summed E-state index contributed by atoms with van der Waals surface area (Å²) in [6, 6.07) is -0.0228. The lowest BCUT2D eigenvalue weighted by Crippen LogP contribution is -2.40. The molecule has 2 unspecified atom stereocenters. The largest absolute Gasteiger partial charge is 0.327 e. The van der Waals surface area contributed by atoms with Gasteiger partial charge in [-0.1, -0.05) is 12.8 Å². The molecular weight excluding hydrogens is 204 g/mol. The highest BCUT2D eigenvalue weighted by Gasteiger charge is 2.28. The highest BCUT2D eigenvalue weighted by atomic mass is 16.2. The van der Waals surface area contributed by atoms with Gasteiger partial charge in [0.25, 0.3) is 0 Å². The van der Waals surface area contributed by atoms with Crippen LogP contribution in [-0.2, 0) is 4.79 Å². The minimum Gasteiger partial charge on any atom is -0.327 e. The van der Waals surface area contributed by atoms with E-state index in [1.165, 1.54) is 6.20 Å². The topological polar surface area (TPSA) is 80.9 Å². The molecule has 0 bridgehead atoms. The Kier molecular flexibility index (Phi) is 3.46. The summed E-state index contributed by atoms with van der Waals surface area (Å²) in [6.07, 6.45) is 8.65. The van der Waals surface area contributed by atoms with Crippen molar-refractivity contribution in [1.82, 2.24) is 9.97 Å². The van der Waals surface area contributed by atoms with Gasteiger partial charge >= 0.3 is 0 Å². The molecule has 0 radical (unpaired) electrons. The van der Waals surface area contributed by atoms with E-state index in [0.29, 0.717) is 5.82 Å². The minimum absolute atomic E-state index is 0.0228. The van der Waals surface area contributed by atoms with Crippen molar-refractivity contribution in [3.8, 4) is 0 Å². The summed E-state index contributed by atoms with van der Waals surface area (Å²) < 4.78 is 0. The van der Waals surface area contributed by atoms with Crippen molar-refractivity contribution < 1.29 is 4.79 Å². The molecule has 0 spiro atoms. The summed E-state index contributed by atoms with van der Waals surface area (Å²) in [5.74, 6) is 0.369. The van der Waals surface area contributed by atoms with Gasteiger partial charge in [0.1, 0.15) is 0 Å². The fraction of sp³-hybridized carbons (Fsp3) is 0.545. The van der Waals surface area contributed by atoms with E-state index in [1.807, 2.05) is 0 Å². The summed E-state index contributed by atoms with van der Waals surface area (Å²) in [5, 5.41) is 2.75. The Morgan fingerprint density at radius 3 is 2.88 bits per heavy atom. The lowest BCUT2D eigenvalue weighted by atomic mass is 9.84. The lowest BCUT2D eigenvalue weighted by Gasteiger charge is -2.27. The zero-order valence-electron chi connectivity index (χ0n) is 9.10. The van der Waals surface area contributed by atoms with E-state index >= 15 is 0 Å². The van der Waals surface area contributed by atoms with Crippen LogP contribution in [0.5, 0.6) is 0 Å². The molecule has 0 aliphatic heterocycles. The number of rotatable bonds is 2. The normalized spacial score (nSPS) is 25.1. The second-order valence-corrected chi connectivity index (χ2v) is 4.13. The van der Waals surface area contributed by atoms with Gasteiger partial charge in [-0.25, -0.2) is 4.98 Å². The number of nitrogens with one attached hydrogen (secondary N) is 1. The number of carbonyl (C=O) groups is 1. The van der Waals surface area contributed by atoms with Crippen LogP contribution in [0.1, 0.15) is 25.7 Å². The van der Waals surface area contributed by atoms with Crippen molar-refractivity contribution >= 4 is 11.7 Å². The molecular formula is C11H16N4O. The van der Waals surface area contributed by atoms with Crippen LogP contribution < -0.4 is 11.1 Å². The molecule has 5 heteroatoms. The van der Waals surface area contributed by atoms with Crippen molar-refractivity contribution in [1.29, 1.82) is 0 Å². The number of hydrogen-bond donors (Lipinski definition) is 2. The zero-order valence-corrected chi connectivity index (χ0v) is 9.10. The molecule has 2 rings (SSSR count). The smallest absolute Gasteiger partial charge is 0.230 e. The molecule has 1 aliphatic rings. The van der Waals surface area contributed by atoms with Gasteiger partial charge in [0.15, 0.2) is 5.82 Å². The molecule has 16 heavy (non-hydrogen) atoms. The number of aromatic nitrogens is 2. The number of nitrogens with two attached hydrogens (primary N) is 1. The van der Waals surface area contributed by atoms with E-state index in [1.54, 1.807) is 12.4 Å². The Labute approximate surface area is 94.5 Å². The molecule has 86 valence electrons. The third kappa shape index (κ3) is 2.55. The number of amides is 1. The van der Waals surface area contributed by atoms with Crippen LogP contribution in [0.4, 0.5) is 5.82 Å². The molecule has 1 heterocycles. The second kappa shape index (κ2) is 5.03. The molecule has 5 nitrogen and oxygen atoms in total. The predicted octanol–water partition coefficient (Wildman–Crippen LogP) is 0.933. The third-order valence-electron chi connectivity index (χ3n) is 2.97. The van der Waals surface area contributed by atoms with Crippen LogP contribution in [0, 0.1) is 5.92 Å². The Balaban J connectivity index is 1.97. The summed E-state index contributed by atoms with van der Waals surface area (Å²) in [5.41, 5.74) is 5.94. The van der Waals surface area contributed by atoms with Crippen LogP contribution in [-0.4, -0.2) is 21.9 Å². The van der Waals surface area contributed by atoms with Gasteiger partial charge in [-0.3, -0.25) is 9.78 Å². The van der Waals surface area contributed by atoms with E-state index in [0.717, 1.165) is 25.7 Å². The Morgan fingerprint density at radius 1 is 1.38 bits per heavy atom. The molecule has 2 atom stereocenters. The average molecular weight is 220 g/mol. The van der Waals surface area contributed by atoms with Gasteiger partial charge in [0.2, 0.25) is 5.91 Å². The molecule has 1 aliphatic carbocycles. The molecule has 0 saturated heterocycles. The second-order valence-electron chi connectivity index (χ2n) is 4.13. The molecule has 1 fully saturated rings. The first-order valence-electron chi connectivity index (χ1n) is 5.60. The summed E-state index contributed by atoms with van der Waals surface area (Å²) in [7, 11) is 0. The maximum atomic E-state index is 11.9. The standard InChI is InChI=1S/C11H16N4O/c12-9-4-2-1-3-8(9)11(16)15-10-7-13-5-6-14-10/h5-9H,1-4,12H2,(H,14,15,16). The number of hydrogen-bond acceptors (Lipinski definition) is 4. The van der Waals surface area contributed by atoms with Gasteiger partial charge < -0.3 is 11.1 Å². The first-order valence-corrected chi connectivity index (χ1v) is 5.60. The van der Waals surface area contributed by atoms with E-state index in [2.05, 4.69) is 15.3 Å². The van der Waals surface area contributed by atoms with Crippen molar-refractivity contribution in [2.75, 3.05) is 5.32 Å². The van der Waals surface area contributed by atoms with E-state index in [9.17, 15) is 4.79 Å². The summed E-state index contributed by atoms with van der Waals surface area (Å²) in [6.45, 7) is 0. The van der Waals surface area contributed by atoms with Crippen molar-refractivity contribution in [3.05, 3.63) is 18.6 Å². The first-order chi connectivity index (χ1) is 7.77. The van der Waals surface area contributed by atoms with Gasteiger partial charge in [-0.2, -0.15) is 0 Å². The molecule has 1 aromatic heterocycles. The van der Waals surface area contributed by atoms with E-state index < -0.39 is 0 Å². The minimum atomic E-state index is -0.0873. The lowest BCUT2D eigenvalue weighted by molar-refractivity contribution is -0.121. The maximum absolute atomic E-state index is 11.9. The van der Waals surface area contributed by atoms with Crippen LogP contribution in [0.2, 0.25) is 0 Å². The van der Waals surface area contributed by atoms with E-state index in [4.69, 9.17) is 5.73 Å². The van der Waals surface area contributed by atoms with Crippen molar-refractivity contribution in [3.63, 3.8) is 0 Å². The summed E-state index contributed by atoms with van der Waals surface area (Å²) >= 11 is 0. The Bertz CT molecular complexity index is 354. The number of carbonyl (C=O) groups excluding carboxylic acids is 1. The maximum Gasteiger partial charge on any atom is 0.230 e. The monoisotopic (exact) mass is 220 g/mol. The Morgan fingerprint density at radius 2 is 2.19 bits per heavy atom. The summed E-state index contributed by atoms with van der Waals surface area (Å²) in [4.78, 5) is 19.8. The molecule has 1 saturated carbocycles. The average Bonchev–Trinajstić information content (AvgIpc) is 2.31. The third-order valence-corrected chi connectivity index (χ3v) is 2.97. The molecule has 1 aromatic rings. The highest BCUT2D eigenvalue weighted by molar-refractivity contribution is 5.92. The molecule has 1 amide bonds. The van der Waals surface area contributed by atoms with E-state index in [-0.39, 0.29) is 17.9 Å². The van der Waals surface area contributed by atoms with Crippen molar-refractivity contribution in [2.45, 2.75) is 31.7 Å².